The zero-order chi connectivity index (χ0) is 31.7. The standard InChI is InChI=1S/C34H23Cl3N2O5S/c1-2-41-28-13-19(5-12-26(28)42-17-18-3-6-20(35)7-4-18)30-23-11-9-22(15-27(23)44-33(39)25(30)16-38)43-34(40)32-31(37)24-10-8-21(36)14-29(24)45-32/h3-15,30H,2,17,39H2,1H3. The lowest BCUT2D eigenvalue weighted by atomic mass is 9.83. The van der Waals surface area contributed by atoms with E-state index in [0.717, 1.165) is 15.8 Å². The first-order valence-corrected chi connectivity index (χ1v) is 15.7. The van der Waals surface area contributed by atoms with E-state index in [0.29, 0.717) is 56.5 Å². The van der Waals surface area contributed by atoms with Crippen molar-refractivity contribution in [3.63, 3.8) is 0 Å². The summed E-state index contributed by atoms with van der Waals surface area (Å²) < 4.78 is 24.3. The molecule has 1 aliphatic rings. The van der Waals surface area contributed by atoms with E-state index in [1.165, 1.54) is 11.3 Å². The summed E-state index contributed by atoms with van der Waals surface area (Å²) in [6.45, 7) is 2.59. The molecule has 6 rings (SSSR count). The number of carbonyl (C=O) groups is 1. The molecule has 5 aromatic rings. The van der Waals surface area contributed by atoms with Crippen LogP contribution in [0.2, 0.25) is 15.1 Å². The normalized spacial score (nSPS) is 14.0. The molecule has 1 unspecified atom stereocenters. The minimum Gasteiger partial charge on any atom is -0.490 e. The van der Waals surface area contributed by atoms with Crippen molar-refractivity contribution >= 4 is 62.2 Å². The van der Waals surface area contributed by atoms with Crippen LogP contribution >= 0.6 is 46.1 Å². The predicted molar refractivity (Wildman–Crippen MR) is 176 cm³/mol. The second-order valence-electron chi connectivity index (χ2n) is 9.95. The van der Waals surface area contributed by atoms with Gasteiger partial charge in [0.1, 0.15) is 34.6 Å². The van der Waals surface area contributed by atoms with Gasteiger partial charge in [-0.2, -0.15) is 5.26 Å². The number of ether oxygens (including phenoxy) is 4. The zero-order valence-electron chi connectivity index (χ0n) is 23.6. The van der Waals surface area contributed by atoms with E-state index in [9.17, 15) is 10.1 Å². The van der Waals surface area contributed by atoms with Crippen LogP contribution in [0.1, 0.15) is 39.2 Å². The molecule has 0 bridgehead atoms. The first-order valence-electron chi connectivity index (χ1n) is 13.7. The van der Waals surface area contributed by atoms with Crippen LogP contribution in [0, 0.1) is 11.3 Å². The Hall–Kier alpha value is -4.39. The Labute approximate surface area is 277 Å². The number of nitrogens with two attached hydrogens (primary N) is 1. The van der Waals surface area contributed by atoms with Gasteiger partial charge >= 0.3 is 5.97 Å². The second-order valence-corrected chi connectivity index (χ2v) is 12.3. The Morgan fingerprint density at radius 2 is 1.73 bits per heavy atom. The van der Waals surface area contributed by atoms with Crippen molar-refractivity contribution in [2.45, 2.75) is 19.4 Å². The smallest absolute Gasteiger partial charge is 0.355 e. The summed E-state index contributed by atoms with van der Waals surface area (Å²) in [5.74, 6) is 0.373. The minimum atomic E-state index is -0.624. The van der Waals surface area contributed by atoms with Crippen LogP contribution in [0.4, 0.5) is 0 Å². The lowest BCUT2D eigenvalue weighted by Gasteiger charge is -2.27. The first kappa shape index (κ1) is 30.6. The molecule has 0 saturated heterocycles. The number of nitriles is 1. The van der Waals surface area contributed by atoms with E-state index in [2.05, 4.69) is 6.07 Å². The van der Waals surface area contributed by atoms with Crippen LogP contribution in [0.3, 0.4) is 0 Å². The molecule has 226 valence electrons. The van der Waals surface area contributed by atoms with Gasteiger partial charge in [0.25, 0.3) is 0 Å². The molecule has 1 aliphatic heterocycles. The van der Waals surface area contributed by atoms with Crippen molar-refractivity contribution in [3.8, 4) is 29.1 Å². The molecule has 0 spiro atoms. The number of carbonyl (C=O) groups excluding carboxylic acids is 1. The SMILES string of the molecule is CCOc1cc(C2C(C#N)=C(N)Oc3cc(OC(=O)c4sc5cc(Cl)ccc5c4Cl)ccc32)ccc1OCc1ccc(Cl)cc1. The molecule has 1 atom stereocenters. The highest BCUT2D eigenvalue weighted by atomic mass is 35.5. The van der Waals surface area contributed by atoms with E-state index in [4.69, 9.17) is 59.5 Å². The minimum absolute atomic E-state index is 0.0519. The molecule has 7 nitrogen and oxygen atoms in total. The van der Waals surface area contributed by atoms with E-state index < -0.39 is 11.9 Å². The van der Waals surface area contributed by atoms with Crippen LogP contribution in [0.15, 0.2) is 90.3 Å². The fourth-order valence-electron chi connectivity index (χ4n) is 5.00. The molecule has 11 heteroatoms. The number of fused-ring (bicyclic) bond motifs is 2. The summed E-state index contributed by atoms with van der Waals surface area (Å²) in [5, 5.41) is 12.2. The van der Waals surface area contributed by atoms with Crippen molar-refractivity contribution in [3.05, 3.63) is 127 Å². The van der Waals surface area contributed by atoms with Crippen molar-refractivity contribution in [2.24, 2.45) is 5.73 Å². The van der Waals surface area contributed by atoms with Crippen molar-refractivity contribution in [1.29, 1.82) is 5.26 Å². The number of allylic oxidation sites excluding steroid dienone is 1. The highest BCUT2D eigenvalue weighted by molar-refractivity contribution is 7.21. The Bertz CT molecular complexity index is 2020. The third kappa shape index (κ3) is 6.26. The quantitative estimate of drug-likeness (QED) is 0.129. The van der Waals surface area contributed by atoms with Gasteiger partial charge in [-0.3, -0.25) is 0 Å². The Balaban J connectivity index is 1.29. The van der Waals surface area contributed by atoms with Gasteiger partial charge in [-0.05, 0) is 60.5 Å². The highest BCUT2D eigenvalue weighted by Crippen LogP contribution is 2.45. The predicted octanol–water partition coefficient (Wildman–Crippen LogP) is 9.28. The number of rotatable bonds is 8. The zero-order valence-corrected chi connectivity index (χ0v) is 26.7. The molecule has 45 heavy (non-hydrogen) atoms. The van der Waals surface area contributed by atoms with Crippen molar-refractivity contribution in [2.75, 3.05) is 6.61 Å². The second kappa shape index (κ2) is 12.9. The summed E-state index contributed by atoms with van der Waals surface area (Å²) in [4.78, 5) is 13.4. The number of halogens is 3. The van der Waals surface area contributed by atoms with E-state index in [-0.39, 0.29) is 22.1 Å². The van der Waals surface area contributed by atoms with Gasteiger partial charge in [-0.15, -0.1) is 11.3 Å². The molecule has 0 radical (unpaired) electrons. The molecule has 0 fully saturated rings. The topological polar surface area (TPSA) is 104 Å². The molecule has 1 aromatic heterocycles. The van der Waals surface area contributed by atoms with Crippen LogP contribution in [-0.4, -0.2) is 12.6 Å². The van der Waals surface area contributed by atoms with E-state index >= 15 is 0 Å². The van der Waals surface area contributed by atoms with Crippen molar-refractivity contribution < 1.29 is 23.7 Å². The Morgan fingerprint density at radius 3 is 2.49 bits per heavy atom. The lowest BCUT2D eigenvalue weighted by Crippen LogP contribution is -2.21. The molecule has 2 heterocycles. The monoisotopic (exact) mass is 676 g/mol. The molecular weight excluding hydrogens is 655 g/mol. The summed E-state index contributed by atoms with van der Waals surface area (Å²) >= 11 is 19.8. The Kier molecular flexibility index (Phi) is 8.79. The Morgan fingerprint density at radius 1 is 0.956 bits per heavy atom. The van der Waals surface area contributed by atoms with Gasteiger partial charge in [0.05, 0.1) is 17.5 Å². The summed E-state index contributed by atoms with van der Waals surface area (Å²) in [6, 6.07) is 25.2. The number of esters is 1. The first-order chi connectivity index (χ1) is 21.7. The number of hydrogen-bond donors (Lipinski definition) is 1. The maximum Gasteiger partial charge on any atom is 0.355 e. The number of nitrogens with zero attached hydrogens (tertiary/aromatic N) is 1. The van der Waals surface area contributed by atoms with Crippen LogP contribution in [0.25, 0.3) is 10.1 Å². The molecule has 2 N–H and O–H groups in total. The van der Waals surface area contributed by atoms with Gasteiger partial charge in [0.2, 0.25) is 5.88 Å². The number of benzene rings is 4. The molecule has 0 amide bonds. The van der Waals surface area contributed by atoms with Crippen LogP contribution < -0.4 is 24.7 Å². The van der Waals surface area contributed by atoms with Gasteiger partial charge in [-0.25, -0.2) is 4.79 Å². The molecule has 0 saturated carbocycles. The summed E-state index contributed by atoms with van der Waals surface area (Å²) in [5.41, 5.74) is 8.81. The number of hydrogen-bond acceptors (Lipinski definition) is 8. The average molecular weight is 678 g/mol. The van der Waals surface area contributed by atoms with Gasteiger partial charge in [0, 0.05) is 31.8 Å². The van der Waals surface area contributed by atoms with Gasteiger partial charge in [0.15, 0.2) is 11.5 Å². The van der Waals surface area contributed by atoms with Gasteiger partial charge < -0.3 is 24.7 Å². The van der Waals surface area contributed by atoms with E-state index in [1.807, 2.05) is 31.2 Å². The summed E-state index contributed by atoms with van der Waals surface area (Å²) in [6.07, 6.45) is 0. The largest absolute Gasteiger partial charge is 0.490 e. The van der Waals surface area contributed by atoms with Gasteiger partial charge in [-0.1, -0.05) is 65.1 Å². The van der Waals surface area contributed by atoms with Crippen molar-refractivity contribution in [1.82, 2.24) is 0 Å². The van der Waals surface area contributed by atoms with E-state index in [1.54, 1.807) is 54.6 Å². The fourth-order valence-corrected chi connectivity index (χ4v) is 6.79. The van der Waals surface area contributed by atoms with Crippen LogP contribution in [-0.2, 0) is 6.61 Å². The number of thiophene rings is 1. The maximum absolute atomic E-state index is 13.1. The molecular formula is C34H23Cl3N2O5S. The highest BCUT2D eigenvalue weighted by Gasteiger charge is 2.32. The van der Waals surface area contributed by atoms with Crippen LogP contribution in [0.5, 0.6) is 23.0 Å². The third-order valence-corrected chi connectivity index (χ3v) is 9.21. The summed E-state index contributed by atoms with van der Waals surface area (Å²) in [7, 11) is 0. The third-order valence-electron chi connectivity index (χ3n) is 7.09. The molecule has 4 aromatic carbocycles. The average Bonchev–Trinajstić information content (AvgIpc) is 3.35. The molecule has 0 aliphatic carbocycles. The fraction of sp³-hybridized carbons (Fsp3) is 0.118. The maximum atomic E-state index is 13.1. The lowest BCUT2D eigenvalue weighted by molar-refractivity contribution is 0.0740.